The Hall–Kier alpha value is -2.75. The lowest BCUT2D eigenvalue weighted by Crippen LogP contribution is -2.29. The lowest BCUT2D eigenvalue weighted by molar-refractivity contribution is -0.0188. The highest BCUT2D eigenvalue weighted by molar-refractivity contribution is 6.03. The van der Waals surface area contributed by atoms with E-state index in [1.807, 2.05) is 0 Å². The molecule has 0 spiro atoms. The van der Waals surface area contributed by atoms with Gasteiger partial charge >= 0.3 is 0 Å². The SMILES string of the molecule is CC(=O)c1cc(C(=O)NOCC(O)CCO)c(Nc2ccc(C)cc2F)n1C. The summed E-state index contributed by atoms with van der Waals surface area (Å²) in [4.78, 5) is 29.3. The molecule has 0 saturated carbocycles. The van der Waals surface area contributed by atoms with Crippen LogP contribution in [0.15, 0.2) is 24.3 Å². The quantitative estimate of drug-likeness (QED) is 0.382. The predicted octanol–water partition coefficient (Wildman–Crippen LogP) is 1.82. The molecular formula is C19H24FN3O5. The van der Waals surface area contributed by atoms with E-state index >= 15 is 0 Å². The van der Waals surface area contributed by atoms with Crippen LogP contribution in [0.3, 0.4) is 0 Å². The minimum atomic E-state index is -0.937. The van der Waals surface area contributed by atoms with Gasteiger partial charge in [0.15, 0.2) is 5.78 Å². The van der Waals surface area contributed by atoms with E-state index in [9.17, 15) is 19.1 Å². The van der Waals surface area contributed by atoms with Gasteiger partial charge in [0, 0.05) is 20.6 Å². The Kier molecular flexibility index (Phi) is 7.27. The molecule has 28 heavy (non-hydrogen) atoms. The van der Waals surface area contributed by atoms with Crippen LogP contribution in [-0.2, 0) is 11.9 Å². The molecule has 0 bridgehead atoms. The van der Waals surface area contributed by atoms with E-state index in [1.165, 1.54) is 29.7 Å². The second-order valence-corrected chi connectivity index (χ2v) is 6.42. The largest absolute Gasteiger partial charge is 0.396 e. The number of rotatable bonds is 9. The van der Waals surface area contributed by atoms with Gasteiger partial charge in [0.05, 0.1) is 23.0 Å². The van der Waals surface area contributed by atoms with E-state index in [1.54, 1.807) is 20.0 Å². The number of hydroxylamine groups is 1. The topological polar surface area (TPSA) is 113 Å². The van der Waals surface area contributed by atoms with Crippen molar-refractivity contribution in [3.8, 4) is 0 Å². The molecule has 1 aromatic carbocycles. The summed E-state index contributed by atoms with van der Waals surface area (Å²) in [5, 5.41) is 21.1. The van der Waals surface area contributed by atoms with Crippen LogP contribution in [0.5, 0.6) is 0 Å². The molecule has 0 aliphatic rings. The van der Waals surface area contributed by atoms with Crippen LogP contribution < -0.4 is 10.8 Å². The zero-order chi connectivity index (χ0) is 20.8. The molecule has 0 aliphatic carbocycles. The smallest absolute Gasteiger partial charge is 0.278 e. The Balaban J connectivity index is 2.26. The van der Waals surface area contributed by atoms with E-state index in [0.717, 1.165) is 5.56 Å². The van der Waals surface area contributed by atoms with Crippen LogP contribution in [0, 0.1) is 12.7 Å². The van der Waals surface area contributed by atoms with Gasteiger partial charge in [-0.25, -0.2) is 9.87 Å². The molecule has 152 valence electrons. The Morgan fingerprint density at radius 3 is 2.64 bits per heavy atom. The fourth-order valence-electron chi connectivity index (χ4n) is 2.60. The molecule has 1 aromatic heterocycles. The molecule has 0 saturated heterocycles. The number of nitrogens with zero attached hydrogens (tertiary/aromatic N) is 1. The number of aromatic nitrogens is 1. The van der Waals surface area contributed by atoms with Gasteiger partial charge in [-0.05, 0) is 37.1 Å². The maximum absolute atomic E-state index is 14.2. The number of nitrogens with one attached hydrogen (secondary N) is 2. The maximum Gasteiger partial charge on any atom is 0.278 e. The van der Waals surface area contributed by atoms with E-state index in [-0.39, 0.29) is 48.2 Å². The molecule has 0 fully saturated rings. The minimum Gasteiger partial charge on any atom is -0.396 e. The molecule has 1 atom stereocenters. The fourth-order valence-corrected chi connectivity index (χ4v) is 2.60. The average molecular weight is 393 g/mol. The number of halogens is 1. The van der Waals surface area contributed by atoms with Crippen molar-refractivity contribution in [1.82, 2.24) is 10.0 Å². The van der Waals surface area contributed by atoms with Crippen molar-refractivity contribution in [1.29, 1.82) is 0 Å². The highest BCUT2D eigenvalue weighted by Crippen LogP contribution is 2.27. The highest BCUT2D eigenvalue weighted by Gasteiger charge is 2.22. The molecule has 8 nitrogen and oxygen atoms in total. The maximum atomic E-state index is 14.2. The number of aliphatic hydroxyl groups excluding tert-OH is 2. The first-order chi connectivity index (χ1) is 13.2. The Morgan fingerprint density at radius 2 is 2.04 bits per heavy atom. The van der Waals surface area contributed by atoms with Gasteiger partial charge in [0.25, 0.3) is 5.91 Å². The average Bonchev–Trinajstić information content (AvgIpc) is 2.94. The molecule has 4 N–H and O–H groups in total. The number of carbonyl (C=O) groups is 2. The summed E-state index contributed by atoms with van der Waals surface area (Å²) in [6.07, 6.45) is -0.831. The van der Waals surface area contributed by atoms with Crippen molar-refractivity contribution < 1.29 is 29.0 Å². The molecule has 1 amide bonds. The number of ketones is 1. The van der Waals surface area contributed by atoms with E-state index in [0.29, 0.717) is 0 Å². The van der Waals surface area contributed by atoms with E-state index in [4.69, 9.17) is 9.94 Å². The van der Waals surface area contributed by atoms with Gasteiger partial charge in [0.1, 0.15) is 18.2 Å². The molecule has 2 rings (SSSR count). The van der Waals surface area contributed by atoms with Crippen LogP contribution in [0.2, 0.25) is 0 Å². The molecule has 1 heterocycles. The van der Waals surface area contributed by atoms with Gasteiger partial charge in [-0.2, -0.15) is 0 Å². The fraction of sp³-hybridized carbons (Fsp3) is 0.368. The number of carbonyl (C=O) groups excluding carboxylic acids is 2. The van der Waals surface area contributed by atoms with Crippen molar-refractivity contribution in [2.45, 2.75) is 26.4 Å². The number of amides is 1. The summed E-state index contributed by atoms with van der Waals surface area (Å²) >= 11 is 0. The Bertz CT molecular complexity index is 865. The molecule has 0 radical (unpaired) electrons. The van der Waals surface area contributed by atoms with Gasteiger partial charge in [-0.1, -0.05) is 6.07 Å². The highest BCUT2D eigenvalue weighted by atomic mass is 19.1. The van der Waals surface area contributed by atoms with Crippen molar-refractivity contribution in [2.24, 2.45) is 7.05 Å². The van der Waals surface area contributed by atoms with Crippen molar-refractivity contribution in [3.63, 3.8) is 0 Å². The summed E-state index contributed by atoms with van der Waals surface area (Å²) < 4.78 is 15.7. The lowest BCUT2D eigenvalue weighted by atomic mass is 10.2. The zero-order valence-electron chi connectivity index (χ0n) is 16.0. The van der Waals surface area contributed by atoms with Crippen molar-refractivity contribution >= 4 is 23.2 Å². The van der Waals surface area contributed by atoms with Crippen molar-refractivity contribution in [3.05, 3.63) is 46.9 Å². The first-order valence-electron chi connectivity index (χ1n) is 8.69. The summed E-state index contributed by atoms with van der Waals surface area (Å²) in [6, 6.07) is 5.97. The zero-order valence-corrected chi connectivity index (χ0v) is 16.0. The second-order valence-electron chi connectivity index (χ2n) is 6.42. The minimum absolute atomic E-state index is 0.0734. The van der Waals surface area contributed by atoms with Crippen LogP contribution in [0.4, 0.5) is 15.9 Å². The summed E-state index contributed by atoms with van der Waals surface area (Å²) in [7, 11) is 1.58. The molecule has 9 heteroatoms. The van der Waals surface area contributed by atoms with Crippen LogP contribution >= 0.6 is 0 Å². The molecular weight excluding hydrogens is 369 g/mol. The first kappa shape index (κ1) is 21.5. The summed E-state index contributed by atoms with van der Waals surface area (Å²) in [6.45, 7) is 2.68. The van der Waals surface area contributed by atoms with Gasteiger partial charge in [0.2, 0.25) is 0 Å². The van der Waals surface area contributed by atoms with Gasteiger partial charge < -0.3 is 20.1 Å². The number of aryl methyl sites for hydroxylation is 1. The van der Waals surface area contributed by atoms with Gasteiger partial charge in [-0.15, -0.1) is 0 Å². The number of hydrogen-bond acceptors (Lipinski definition) is 6. The molecule has 2 aromatic rings. The Labute approximate surface area is 161 Å². The lowest BCUT2D eigenvalue weighted by Gasteiger charge is -2.13. The third-order valence-electron chi connectivity index (χ3n) is 4.12. The Morgan fingerprint density at radius 1 is 1.32 bits per heavy atom. The first-order valence-corrected chi connectivity index (χ1v) is 8.69. The third-order valence-corrected chi connectivity index (χ3v) is 4.12. The van der Waals surface area contributed by atoms with Crippen LogP contribution in [0.25, 0.3) is 0 Å². The van der Waals surface area contributed by atoms with Crippen LogP contribution in [0.1, 0.15) is 39.8 Å². The molecule has 1 unspecified atom stereocenters. The number of Topliss-reactive ketones (excluding diaryl/α,β-unsaturated/α-hetero) is 1. The number of hydrogen-bond donors (Lipinski definition) is 4. The summed E-state index contributed by atoms with van der Waals surface area (Å²) in [5.41, 5.74) is 3.39. The molecule has 0 aliphatic heterocycles. The van der Waals surface area contributed by atoms with E-state index < -0.39 is 17.8 Å². The number of aliphatic hydroxyl groups is 2. The number of benzene rings is 1. The van der Waals surface area contributed by atoms with Gasteiger partial charge in [-0.3, -0.25) is 14.4 Å². The van der Waals surface area contributed by atoms with Crippen LogP contribution in [-0.4, -0.2) is 45.8 Å². The second kappa shape index (κ2) is 9.45. The summed E-state index contributed by atoms with van der Waals surface area (Å²) in [5.74, 6) is -1.23. The predicted molar refractivity (Wildman–Crippen MR) is 101 cm³/mol. The number of anilines is 2. The normalized spacial score (nSPS) is 11.9. The van der Waals surface area contributed by atoms with E-state index in [2.05, 4.69) is 10.8 Å². The van der Waals surface area contributed by atoms with Crippen molar-refractivity contribution in [2.75, 3.05) is 18.5 Å². The standard InChI is InChI=1S/C19H24FN3O5/c1-11-4-5-16(15(20)8-11)21-18-14(9-17(12(2)25)23(18)3)19(27)22-28-10-13(26)6-7-24/h4-5,8-9,13,21,24,26H,6-7,10H2,1-3H3,(H,22,27). The third kappa shape index (κ3) is 5.16. The monoisotopic (exact) mass is 393 g/mol.